The second-order valence-electron chi connectivity index (χ2n) is 5.02. The molecule has 1 aromatic carbocycles. The molecule has 2 aromatic rings. The number of amides is 2. The number of benzene rings is 1. The number of hydrogen-bond acceptors (Lipinski definition) is 4. The first kappa shape index (κ1) is 19.1. The Labute approximate surface area is 154 Å². The van der Waals surface area contributed by atoms with Crippen LogP contribution in [-0.2, 0) is 16.5 Å². The second kappa shape index (κ2) is 8.75. The van der Waals surface area contributed by atoms with Crippen LogP contribution in [0, 0.1) is 0 Å². The second-order valence-corrected chi connectivity index (χ2v) is 5.78. The van der Waals surface area contributed by atoms with E-state index < -0.39 is 6.09 Å². The van der Waals surface area contributed by atoms with Gasteiger partial charge in [0.2, 0.25) is 0 Å². The van der Waals surface area contributed by atoms with E-state index in [0.29, 0.717) is 28.7 Å². The fourth-order valence-corrected chi connectivity index (χ4v) is 2.38. The summed E-state index contributed by atoms with van der Waals surface area (Å²) in [7, 11) is 3.15. The minimum Gasteiger partial charge on any atom is -0.447 e. The number of halogens is 2. The van der Waals surface area contributed by atoms with E-state index in [9.17, 15) is 9.59 Å². The zero-order valence-corrected chi connectivity index (χ0v) is 15.1. The van der Waals surface area contributed by atoms with Gasteiger partial charge in [-0.3, -0.25) is 10.1 Å². The van der Waals surface area contributed by atoms with Gasteiger partial charge in [0.1, 0.15) is 17.5 Å². The van der Waals surface area contributed by atoms with Gasteiger partial charge < -0.3 is 19.4 Å². The molecule has 0 aliphatic rings. The Morgan fingerprint density at radius 1 is 1.12 bits per heavy atom. The fraction of sp³-hybridized carbons (Fsp3) is 0.250. The third-order valence-electron chi connectivity index (χ3n) is 3.24. The molecule has 2 N–H and O–H groups in total. The first-order chi connectivity index (χ1) is 11.9. The summed E-state index contributed by atoms with van der Waals surface area (Å²) in [6.45, 7) is 0.457. The molecule has 2 amide bonds. The number of anilines is 2. The van der Waals surface area contributed by atoms with Crippen molar-refractivity contribution in [1.29, 1.82) is 0 Å². The summed E-state index contributed by atoms with van der Waals surface area (Å²) in [5.74, 6) is -0.379. The molecule has 0 radical (unpaired) electrons. The van der Waals surface area contributed by atoms with Crippen LogP contribution in [0.1, 0.15) is 10.5 Å². The van der Waals surface area contributed by atoms with Crippen molar-refractivity contribution in [2.24, 2.45) is 7.05 Å². The molecule has 2 rings (SSSR count). The molecule has 0 fully saturated rings. The summed E-state index contributed by atoms with van der Waals surface area (Å²) >= 11 is 11.9. The third-order valence-corrected chi connectivity index (χ3v) is 4.08. The molecule has 25 heavy (non-hydrogen) atoms. The van der Waals surface area contributed by atoms with Crippen LogP contribution in [0.25, 0.3) is 0 Å². The first-order valence-corrected chi connectivity index (χ1v) is 8.03. The van der Waals surface area contributed by atoms with Gasteiger partial charge in [-0.1, -0.05) is 29.3 Å². The molecule has 0 atom stereocenters. The molecule has 1 aromatic heterocycles. The highest BCUT2D eigenvalue weighted by Crippen LogP contribution is 2.26. The molecule has 0 unspecified atom stereocenters. The van der Waals surface area contributed by atoms with Crippen molar-refractivity contribution >= 4 is 46.6 Å². The van der Waals surface area contributed by atoms with Crippen molar-refractivity contribution in [3.8, 4) is 0 Å². The van der Waals surface area contributed by atoms with E-state index >= 15 is 0 Å². The van der Waals surface area contributed by atoms with E-state index in [1.807, 2.05) is 0 Å². The summed E-state index contributed by atoms with van der Waals surface area (Å²) in [4.78, 5) is 24.0. The predicted octanol–water partition coefficient (Wildman–Crippen LogP) is 3.78. The van der Waals surface area contributed by atoms with Gasteiger partial charge in [-0.2, -0.15) is 0 Å². The van der Waals surface area contributed by atoms with Gasteiger partial charge >= 0.3 is 6.09 Å². The van der Waals surface area contributed by atoms with Gasteiger partial charge in [0.05, 0.1) is 11.6 Å². The average molecular weight is 386 g/mol. The number of rotatable bonds is 6. The number of methoxy groups -OCH3 is 1. The number of ether oxygens (including phenoxy) is 2. The SMILES string of the molecule is COCCOC(=O)Nc1cccc(NC(=O)c2cc(Cl)c(Cl)n2C)c1. The highest BCUT2D eigenvalue weighted by atomic mass is 35.5. The molecular weight excluding hydrogens is 369 g/mol. The minimum absolute atomic E-state index is 0.147. The molecule has 9 heteroatoms. The largest absolute Gasteiger partial charge is 0.447 e. The van der Waals surface area contributed by atoms with Crippen molar-refractivity contribution in [2.75, 3.05) is 31.0 Å². The Balaban J connectivity index is 2.02. The van der Waals surface area contributed by atoms with Crippen LogP contribution >= 0.6 is 23.2 Å². The van der Waals surface area contributed by atoms with Gasteiger partial charge in [0, 0.05) is 25.5 Å². The highest BCUT2D eigenvalue weighted by Gasteiger charge is 2.16. The maximum absolute atomic E-state index is 12.3. The summed E-state index contributed by atoms with van der Waals surface area (Å²) in [5, 5.41) is 5.85. The number of aromatic nitrogens is 1. The third kappa shape index (κ3) is 5.12. The quantitative estimate of drug-likeness (QED) is 0.741. The molecule has 0 aliphatic carbocycles. The summed E-state index contributed by atoms with van der Waals surface area (Å²) < 4.78 is 11.2. The van der Waals surface area contributed by atoms with Crippen LogP contribution in [0.5, 0.6) is 0 Å². The van der Waals surface area contributed by atoms with Crippen LogP contribution < -0.4 is 10.6 Å². The lowest BCUT2D eigenvalue weighted by Gasteiger charge is -2.10. The van der Waals surface area contributed by atoms with E-state index in [4.69, 9.17) is 32.7 Å². The van der Waals surface area contributed by atoms with Crippen molar-refractivity contribution < 1.29 is 19.1 Å². The van der Waals surface area contributed by atoms with E-state index in [0.717, 1.165) is 0 Å². The normalized spacial score (nSPS) is 10.4. The van der Waals surface area contributed by atoms with Crippen molar-refractivity contribution in [3.05, 3.63) is 46.2 Å². The van der Waals surface area contributed by atoms with Gasteiger partial charge in [-0.05, 0) is 24.3 Å². The Hall–Kier alpha value is -2.22. The molecule has 134 valence electrons. The van der Waals surface area contributed by atoms with Gasteiger partial charge in [-0.15, -0.1) is 0 Å². The highest BCUT2D eigenvalue weighted by molar-refractivity contribution is 6.42. The molecule has 0 saturated heterocycles. The lowest BCUT2D eigenvalue weighted by atomic mass is 10.2. The Bertz CT molecular complexity index is 777. The number of nitrogens with one attached hydrogen (secondary N) is 2. The first-order valence-electron chi connectivity index (χ1n) is 7.27. The monoisotopic (exact) mass is 385 g/mol. The van der Waals surface area contributed by atoms with Crippen LogP contribution in [0.15, 0.2) is 30.3 Å². The zero-order valence-electron chi connectivity index (χ0n) is 13.6. The van der Waals surface area contributed by atoms with Crippen LogP contribution in [0.4, 0.5) is 16.2 Å². The summed E-state index contributed by atoms with van der Waals surface area (Å²) in [5.41, 5.74) is 1.28. The Morgan fingerprint density at radius 3 is 2.40 bits per heavy atom. The Kier molecular flexibility index (Phi) is 6.69. The number of hydrogen-bond donors (Lipinski definition) is 2. The van der Waals surface area contributed by atoms with E-state index in [1.165, 1.54) is 17.7 Å². The maximum Gasteiger partial charge on any atom is 0.411 e. The molecule has 0 aliphatic heterocycles. The average Bonchev–Trinajstić information content (AvgIpc) is 2.83. The molecule has 1 heterocycles. The van der Waals surface area contributed by atoms with Crippen molar-refractivity contribution in [2.45, 2.75) is 0 Å². The fourth-order valence-electron chi connectivity index (χ4n) is 2.00. The topological polar surface area (TPSA) is 81.6 Å². The smallest absolute Gasteiger partial charge is 0.411 e. The molecule has 0 spiro atoms. The number of carbonyl (C=O) groups excluding carboxylic acids is 2. The van der Waals surface area contributed by atoms with E-state index in [1.54, 1.807) is 31.3 Å². The van der Waals surface area contributed by atoms with Crippen LogP contribution in [-0.4, -0.2) is 36.9 Å². The van der Waals surface area contributed by atoms with Crippen LogP contribution in [0.2, 0.25) is 10.2 Å². The summed E-state index contributed by atoms with van der Waals surface area (Å²) in [6, 6.07) is 8.12. The molecule has 0 bridgehead atoms. The van der Waals surface area contributed by atoms with E-state index in [-0.39, 0.29) is 17.7 Å². The Morgan fingerprint density at radius 2 is 1.80 bits per heavy atom. The molecule has 0 saturated carbocycles. The van der Waals surface area contributed by atoms with Crippen LogP contribution in [0.3, 0.4) is 0 Å². The minimum atomic E-state index is -0.610. The summed E-state index contributed by atoms with van der Waals surface area (Å²) in [6.07, 6.45) is -0.610. The van der Waals surface area contributed by atoms with Gasteiger partial charge in [0.25, 0.3) is 5.91 Å². The lowest BCUT2D eigenvalue weighted by molar-refractivity contribution is 0.101. The lowest BCUT2D eigenvalue weighted by Crippen LogP contribution is -2.17. The van der Waals surface area contributed by atoms with Gasteiger partial charge in [-0.25, -0.2) is 4.79 Å². The predicted molar refractivity (Wildman–Crippen MR) is 96.7 cm³/mol. The molecular formula is C16H17Cl2N3O4. The van der Waals surface area contributed by atoms with E-state index in [2.05, 4.69) is 10.6 Å². The molecule has 7 nitrogen and oxygen atoms in total. The zero-order chi connectivity index (χ0) is 18.4. The number of carbonyl (C=O) groups is 2. The number of nitrogens with zero attached hydrogens (tertiary/aromatic N) is 1. The standard InChI is InChI=1S/C16H17Cl2N3O4/c1-21-13(9-12(17)14(21)18)15(22)19-10-4-3-5-11(8-10)20-16(23)25-7-6-24-2/h3-5,8-9H,6-7H2,1-2H3,(H,19,22)(H,20,23). The van der Waals surface area contributed by atoms with Gasteiger partial charge in [0.15, 0.2) is 0 Å². The maximum atomic E-state index is 12.3. The van der Waals surface area contributed by atoms with Crippen molar-refractivity contribution in [1.82, 2.24) is 4.57 Å². The van der Waals surface area contributed by atoms with Crippen molar-refractivity contribution in [3.63, 3.8) is 0 Å².